The molecule has 0 saturated carbocycles. The van der Waals surface area contributed by atoms with Crippen molar-refractivity contribution < 1.29 is 19.5 Å². The zero-order chi connectivity index (χ0) is 15.1. The molecule has 1 unspecified atom stereocenters. The van der Waals surface area contributed by atoms with E-state index in [2.05, 4.69) is 17.2 Å². The SMILES string of the molecule is C=CCC(C)NC(=O)NC(=O)CC(C)(C)CC(=O)O. The highest BCUT2D eigenvalue weighted by atomic mass is 16.4. The number of carbonyl (C=O) groups excluding carboxylic acids is 2. The van der Waals surface area contributed by atoms with Gasteiger partial charge in [-0.15, -0.1) is 6.58 Å². The Labute approximate surface area is 113 Å². The number of carbonyl (C=O) groups is 3. The highest BCUT2D eigenvalue weighted by Crippen LogP contribution is 2.24. The Bertz CT molecular complexity index is 364. The Kier molecular flexibility index (Phi) is 6.82. The van der Waals surface area contributed by atoms with Crippen molar-refractivity contribution in [1.29, 1.82) is 0 Å². The number of carboxylic acid groups (broad SMARTS) is 1. The molecule has 0 spiro atoms. The summed E-state index contributed by atoms with van der Waals surface area (Å²) < 4.78 is 0. The van der Waals surface area contributed by atoms with Crippen molar-refractivity contribution in [3.05, 3.63) is 12.7 Å². The predicted octanol–water partition coefficient (Wildman–Crippen LogP) is 1.67. The van der Waals surface area contributed by atoms with Crippen LogP contribution in [0.3, 0.4) is 0 Å². The molecule has 108 valence electrons. The average Bonchev–Trinajstić information content (AvgIpc) is 2.12. The number of amides is 3. The maximum Gasteiger partial charge on any atom is 0.321 e. The molecule has 0 saturated heterocycles. The Balaban J connectivity index is 4.20. The van der Waals surface area contributed by atoms with Crippen molar-refractivity contribution in [3.63, 3.8) is 0 Å². The summed E-state index contributed by atoms with van der Waals surface area (Å²) in [6.45, 7) is 8.67. The zero-order valence-electron chi connectivity index (χ0n) is 11.7. The molecule has 3 amide bonds. The summed E-state index contributed by atoms with van der Waals surface area (Å²) in [5, 5.41) is 13.5. The second-order valence-electron chi connectivity index (χ2n) is 5.36. The molecule has 1 atom stereocenters. The van der Waals surface area contributed by atoms with Crippen LogP contribution in [0.25, 0.3) is 0 Å². The second kappa shape index (κ2) is 7.56. The van der Waals surface area contributed by atoms with Crippen LogP contribution in [0.2, 0.25) is 0 Å². The molecule has 0 heterocycles. The van der Waals surface area contributed by atoms with Gasteiger partial charge in [0.05, 0.1) is 6.42 Å². The van der Waals surface area contributed by atoms with Gasteiger partial charge in [0, 0.05) is 12.5 Å². The number of aliphatic carboxylic acids is 1. The van der Waals surface area contributed by atoms with E-state index in [1.54, 1.807) is 26.8 Å². The van der Waals surface area contributed by atoms with Gasteiger partial charge in [0.2, 0.25) is 5.91 Å². The third kappa shape index (κ3) is 8.82. The molecule has 0 aromatic heterocycles. The minimum atomic E-state index is -0.971. The minimum Gasteiger partial charge on any atom is -0.481 e. The summed E-state index contributed by atoms with van der Waals surface area (Å²) in [4.78, 5) is 33.7. The standard InChI is InChI=1S/C13H22N2O4/c1-5-6-9(2)14-12(19)15-10(16)7-13(3,4)8-11(17)18/h5,9H,1,6-8H2,2-4H3,(H,17,18)(H2,14,15,16,19). The molecule has 0 radical (unpaired) electrons. The highest BCUT2D eigenvalue weighted by Gasteiger charge is 2.26. The monoisotopic (exact) mass is 270 g/mol. The van der Waals surface area contributed by atoms with E-state index >= 15 is 0 Å². The molecule has 0 bridgehead atoms. The molecule has 0 aromatic rings. The molecule has 0 rings (SSSR count). The lowest BCUT2D eigenvalue weighted by Crippen LogP contribution is -2.44. The summed E-state index contributed by atoms with van der Waals surface area (Å²) >= 11 is 0. The van der Waals surface area contributed by atoms with Gasteiger partial charge in [0.1, 0.15) is 0 Å². The van der Waals surface area contributed by atoms with Crippen molar-refractivity contribution in [2.24, 2.45) is 5.41 Å². The van der Waals surface area contributed by atoms with Gasteiger partial charge in [-0.1, -0.05) is 19.9 Å². The molecular formula is C13H22N2O4. The van der Waals surface area contributed by atoms with Crippen LogP contribution in [-0.2, 0) is 9.59 Å². The topological polar surface area (TPSA) is 95.5 Å². The van der Waals surface area contributed by atoms with Crippen molar-refractivity contribution in [3.8, 4) is 0 Å². The van der Waals surface area contributed by atoms with Crippen LogP contribution < -0.4 is 10.6 Å². The van der Waals surface area contributed by atoms with Crippen molar-refractivity contribution in [2.75, 3.05) is 0 Å². The van der Waals surface area contributed by atoms with E-state index in [1.165, 1.54) is 0 Å². The molecule has 0 aliphatic rings. The number of urea groups is 1. The van der Waals surface area contributed by atoms with Gasteiger partial charge in [-0.2, -0.15) is 0 Å². The first-order valence-corrected chi connectivity index (χ1v) is 6.09. The first kappa shape index (κ1) is 17.2. The minimum absolute atomic E-state index is 0.0252. The van der Waals surface area contributed by atoms with E-state index in [0.717, 1.165) is 0 Å². The van der Waals surface area contributed by atoms with Gasteiger partial charge in [-0.3, -0.25) is 14.9 Å². The average molecular weight is 270 g/mol. The molecule has 0 fully saturated rings. The van der Waals surface area contributed by atoms with Crippen LogP contribution in [-0.4, -0.2) is 29.1 Å². The summed E-state index contributed by atoms with van der Waals surface area (Å²) in [7, 11) is 0. The first-order chi connectivity index (χ1) is 8.66. The van der Waals surface area contributed by atoms with Crippen LogP contribution in [0.15, 0.2) is 12.7 Å². The van der Waals surface area contributed by atoms with E-state index in [0.29, 0.717) is 6.42 Å². The smallest absolute Gasteiger partial charge is 0.321 e. The van der Waals surface area contributed by atoms with Crippen LogP contribution in [0.5, 0.6) is 0 Å². The summed E-state index contributed by atoms with van der Waals surface area (Å²) in [5.74, 6) is -1.46. The number of hydrogen-bond donors (Lipinski definition) is 3. The summed E-state index contributed by atoms with van der Waals surface area (Å²) in [6, 6.07) is -0.692. The highest BCUT2D eigenvalue weighted by molar-refractivity contribution is 5.94. The largest absolute Gasteiger partial charge is 0.481 e. The number of carboxylic acids is 1. The Morgan fingerprint density at radius 2 is 1.89 bits per heavy atom. The van der Waals surface area contributed by atoms with E-state index in [9.17, 15) is 14.4 Å². The second-order valence-corrected chi connectivity index (χ2v) is 5.36. The lowest BCUT2D eigenvalue weighted by Gasteiger charge is -2.21. The number of rotatable bonds is 7. The van der Waals surface area contributed by atoms with E-state index < -0.39 is 23.3 Å². The molecule has 0 aromatic carbocycles. The van der Waals surface area contributed by atoms with Crippen LogP contribution in [0.4, 0.5) is 4.79 Å². The van der Waals surface area contributed by atoms with E-state index in [1.807, 2.05) is 0 Å². The van der Waals surface area contributed by atoms with Gasteiger partial charge < -0.3 is 10.4 Å². The molecule has 3 N–H and O–H groups in total. The normalized spacial score (nSPS) is 12.4. The Morgan fingerprint density at radius 1 is 1.32 bits per heavy atom. The van der Waals surface area contributed by atoms with Gasteiger partial charge in [-0.05, 0) is 18.8 Å². The van der Waals surface area contributed by atoms with Gasteiger partial charge in [0.25, 0.3) is 0 Å². The van der Waals surface area contributed by atoms with Crippen LogP contribution in [0.1, 0.15) is 40.0 Å². The van der Waals surface area contributed by atoms with Crippen molar-refractivity contribution >= 4 is 17.9 Å². The van der Waals surface area contributed by atoms with Gasteiger partial charge in [0.15, 0.2) is 0 Å². The molecule has 6 nitrogen and oxygen atoms in total. The lowest BCUT2D eigenvalue weighted by molar-refractivity contribution is -0.139. The van der Waals surface area contributed by atoms with Crippen molar-refractivity contribution in [2.45, 2.75) is 46.1 Å². The van der Waals surface area contributed by atoms with E-state index in [-0.39, 0.29) is 18.9 Å². The number of hydrogen-bond acceptors (Lipinski definition) is 3. The quantitative estimate of drug-likeness (QED) is 0.613. The summed E-state index contributed by atoms with van der Waals surface area (Å²) in [5.41, 5.74) is -0.692. The van der Waals surface area contributed by atoms with E-state index in [4.69, 9.17) is 5.11 Å². The summed E-state index contributed by atoms with van der Waals surface area (Å²) in [6.07, 6.45) is 2.12. The fraction of sp³-hybridized carbons (Fsp3) is 0.615. The van der Waals surface area contributed by atoms with Gasteiger partial charge in [-0.25, -0.2) is 4.79 Å². The molecule has 6 heteroatoms. The number of imide groups is 1. The third-order valence-electron chi connectivity index (χ3n) is 2.42. The third-order valence-corrected chi connectivity index (χ3v) is 2.42. The molecule has 19 heavy (non-hydrogen) atoms. The fourth-order valence-corrected chi connectivity index (χ4v) is 1.65. The van der Waals surface area contributed by atoms with Crippen LogP contribution >= 0.6 is 0 Å². The predicted molar refractivity (Wildman–Crippen MR) is 71.6 cm³/mol. The molecular weight excluding hydrogens is 248 g/mol. The Hall–Kier alpha value is -1.85. The van der Waals surface area contributed by atoms with Crippen molar-refractivity contribution in [1.82, 2.24) is 10.6 Å². The Morgan fingerprint density at radius 3 is 2.37 bits per heavy atom. The first-order valence-electron chi connectivity index (χ1n) is 6.09. The molecule has 0 aliphatic heterocycles. The lowest BCUT2D eigenvalue weighted by atomic mass is 9.85. The molecule has 0 aliphatic carbocycles. The maximum absolute atomic E-state index is 11.6. The van der Waals surface area contributed by atoms with Gasteiger partial charge >= 0.3 is 12.0 Å². The zero-order valence-corrected chi connectivity index (χ0v) is 11.7. The fourth-order valence-electron chi connectivity index (χ4n) is 1.65. The van der Waals surface area contributed by atoms with Crippen LogP contribution in [0, 0.1) is 5.41 Å². The number of nitrogens with one attached hydrogen (secondary N) is 2. The maximum atomic E-state index is 11.6.